The molecule has 1 aliphatic carbocycles. The van der Waals surface area contributed by atoms with Crippen LogP contribution in [-0.2, 0) is 10.0 Å². The van der Waals surface area contributed by atoms with Crippen LogP contribution in [0.3, 0.4) is 0 Å². The predicted octanol–water partition coefficient (Wildman–Crippen LogP) is 1.34. The lowest BCUT2D eigenvalue weighted by Gasteiger charge is -2.13. The molecule has 116 valence electrons. The van der Waals surface area contributed by atoms with Gasteiger partial charge in [-0.3, -0.25) is 10.1 Å². The number of aliphatic hydroxyl groups excluding tert-OH is 1. The van der Waals surface area contributed by atoms with Crippen LogP contribution in [0.15, 0.2) is 23.1 Å². The van der Waals surface area contributed by atoms with Gasteiger partial charge in [-0.05, 0) is 38.2 Å². The summed E-state index contributed by atoms with van der Waals surface area (Å²) in [5.74, 6) is 0.105. The van der Waals surface area contributed by atoms with Gasteiger partial charge in [0, 0.05) is 18.2 Å². The van der Waals surface area contributed by atoms with Gasteiger partial charge in [-0.2, -0.15) is 0 Å². The first-order valence-corrected chi connectivity index (χ1v) is 8.21. The normalized spacial score (nSPS) is 22.4. The van der Waals surface area contributed by atoms with Crippen LogP contribution in [0.5, 0.6) is 0 Å². The van der Waals surface area contributed by atoms with Crippen LogP contribution in [0.25, 0.3) is 0 Å². The molecule has 2 N–H and O–H groups in total. The van der Waals surface area contributed by atoms with Gasteiger partial charge < -0.3 is 5.11 Å². The molecule has 0 heterocycles. The molecule has 0 aliphatic heterocycles. The number of hydrogen-bond acceptors (Lipinski definition) is 5. The molecule has 1 aliphatic rings. The molecule has 1 fully saturated rings. The molecule has 2 unspecified atom stereocenters. The van der Waals surface area contributed by atoms with Crippen LogP contribution in [0.2, 0.25) is 0 Å². The molecule has 1 aromatic carbocycles. The van der Waals surface area contributed by atoms with Gasteiger partial charge in [-0.15, -0.1) is 0 Å². The van der Waals surface area contributed by atoms with E-state index in [1.54, 1.807) is 0 Å². The summed E-state index contributed by atoms with van der Waals surface area (Å²) in [5.41, 5.74) is -0.0874. The highest BCUT2D eigenvalue weighted by Gasteiger charge is 2.26. The molecule has 2 rings (SSSR count). The van der Waals surface area contributed by atoms with E-state index < -0.39 is 14.9 Å². The smallest absolute Gasteiger partial charge is 0.273 e. The van der Waals surface area contributed by atoms with Gasteiger partial charge in [-0.1, -0.05) is 6.07 Å². The summed E-state index contributed by atoms with van der Waals surface area (Å²) in [5, 5.41) is 20.3. The maximum absolute atomic E-state index is 12.3. The molecule has 1 saturated carbocycles. The highest BCUT2D eigenvalue weighted by atomic mass is 32.2. The minimum absolute atomic E-state index is 0.0738. The molecule has 8 heteroatoms. The second-order valence-electron chi connectivity index (χ2n) is 5.34. The zero-order valence-electron chi connectivity index (χ0n) is 11.7. The number of aliphatic hydroxyl groups is 1. The van der Waals surface area contributed by atoms with E-state index in [4.69, 9.17) is 0 Å². The van der Waals surface area contributed by atoms with Crippen LogP contribution in [0.1, 0.15) is 24.8 Å². The van der Waals surface area contributed by atoms with Gasteiger partial charge in [0.25, 0.3) is 5.69 Å². The second-order valence-corrected chi connectivity index (χ2v) is 7.08. The van der Waals surface area contributed by atoms with Crippen molar-refractivity contribution in [3.05, 3.63) is 33.9 Å². The van der Waals surface area contributed by atoms with Crippen LogP contribution in [0.4, 0.5) is 5.69 Å². The fraction of sp³-hybridized carbons (Fsp3) is 0.538. The Morgan fingerprint density at radius 3 is 2.71 bits per heavy atom. The van der Waals surface area contributed by atoms with Crippen molar-refractivity contribution in [2.24, 2.45) is 5.92 Å². The van der Waals surface area contributed by atoms with Gasteiger partial charge in [0.05, 0.1) is 15.9 Å². The lowest BCUT2D eigenvalue weighted by Crippen LogP contribution is -2.29. The first kappa shape index (κ1) is 15.9. The maximum Gasteiger partial charge on any atom is 0.273 e. The Morgan fingerprint density at radius 2 is 2.14 bits per heavy atom. The number of nitro benzene ring substituents is 1. The molecule has 7 nitrogen and oxygen atoms in total. The van der Waals surface area contributed by atoms with Crippen molar-refractivity contribution >= 4 is 15.7 Å². The summed E-state index contributed by atoms with van der Waals surface area (Å²) >= 11 is 0. The predicted molar refractivity (Wildman–Crippen MR) is 76.4 cm³/mol. The quantitative estimate of drug-likeness (QED) is 0.629. The number of rotatable bonds is 5. The lowest BCUT2D eigenvalue weighted by atomic mass is 10.1. The molecule has 21 heavy (non-hydrogen) atoms. The first-order chi connectivity index (χ1) is 9.81. The van der Waals surface area contributed by atoms with Crippen LogP contribution >= 0.6 is 0 Å². The minimum atomic E-state index is -3.79. The monoisotopic (exact) mass is 314 g/mol. The van der Waals surface area contributed by atoms with E-state index in [0.29, 0.717) is 12.8 Å². The molecular formula is C13H18N2O5S. The van der Waals surface area contributed by atoms with Gasteiger partial charge >= 0.3 is 0 Å². The fourth-order valence-electron chi connectivity index (χ4n) is 2.63. The van der Waals surface area contributed by atoms with Gasteiger partial charge in [-0.25, -0.2) is 13.1 Å². The molecule has 0 saturated heterocycles. The lowest BCUT2D eigenvalue weighted by molar-refractivity contribution is -0.385. The molecule has 2 atom stereocenters. The largest absolute Gasteiger partial charge is 0.393 e. The third-order valence-electron chi connectivity index (χ3n) is 3.82. The molecular weight excluding hydrogens is 296 g/mol. The summed E-state index contributed by atoms with van der Waals surface area (Å²) in [4.78, 5) is 10.2. The van der Waals surface area contributed by atoms with Crippen molar-refractivity contribution in [1.82, 2.24) is 4.72 Å². The highest BCUT2D eigenvalue weighted by molar-refractivity contribution is 7.89. The zero-order chi connectivity index (χ0) is 15.6. The Labute approximate surface area is 123 Å². The average molecular weight is 314 g/mol. The minimum Gasteiger partial charge on any atom is -0.393 e. The second kappa shape index (κ2) is 6.08. The number of nitro groups is 1. The van der Waals surface area contributed by atoms with Gasteiger partial charge in [0.2, 0.25) is 10.0 Å². The first-order valence-electron chi connectivity index (χ1n) is 6.73. The summed E-state index contributed by atoms with van der Waals surface area (Å²) in [7, 11) is -3.79. The Kier molecular flexibility index (Phi) is 4.60. The summed E-state index contributed by atoms with van der Waals surface area (Å²) in [6, 6.07) is 3.99. The average Bonchev–Trinajstić information content (AvgIpc) is 2.82. The topological polar surface area (TPSA) is 110 Å². The molecule has 0 amide bonds. The zero-order valence-corrected chi connectivity index (χ0v) is 12.5. The molecule has 0 spiro atoms. The Morgan fingerprint density at radius 1 is 1.43 bits per heavy atom. The highest BCUT2D eigenvalue weighted by Crippen LogP contribution is 2.27. The molecule has 0 aromatic heterocycles. The van der Waals surface area contributed by atoms with E-state index in [1.165, 1.54) is 25.1 Å². The fourth-order valence-corrected chi connectivity index (χ4v) is 4.01. The third-order valence-corrected chi connectivity index (χ3v) is 5.39. The van der Waals surface area contributed by atoms with E-state index in [-0.39, 0.29) is 34.7 Å². The van der Waals surface area contributed by atoms with E-state index in [1.807, 2.05) is 0 Å². The van der Waals surface area contributed by atoms with Gasteiger partial charge in [0.1, 0.15) is 0 Å². The Hall–Kier alpha value is -1.51. The molecule has 1 aromatic rings. The van der Waals surface area contributed by atoms with Gasteiger partial charge in [0.15, 0.2) is 0 Å². The Bertz CT molecular complexity index is 644. The number of hydrogen-bond donors (Lipinski definition) is 2. The molecule has 0 bridgehead atoms. The molecule has 0 radical (unpaired) electrons. The number of nitrogens with zero attached hydrogens (tertiary/aromatic N) is 1. The number of nitrogens with one attached hydrogen (secondary N) is 1. The van der Waals surface area contributed by atoms with E-state index in [0.717, 1.165) is 6.42 Å². The Balaban J connectivity index is 2.16. The summed E-state index contributed by atoms with van der Waals surface area (Å²) in [6.07, 6.45) is 1.68. The maximum atomic E-state index is 12.3. The van der Waals surface area contributed by atoms with Crippen molar-refractivity contribution in [3.8, 4) is 0 Å². The van der Waals surface area contributed by atoms with Crippen molar-refractivity contribution in [3.63, 3.8) is 0 Å². The van der Waals surface area contributed by atoms with E-state index in [2.05, 4.69) is 4.72 Å². The van der Waals surface area contributed by atoms with Crippen molar-refractivity contribution in [2.75, 3.05) is 6.54 Å². The number of sulfonamides is 1. The SMILES string of the molecule is Cc1c([N+](=O)[O-])cccc1S(=O)(=O)NCC1CCC(O)C1. The van der Waals surface area contributed by atoms with Crippen molar-refractivity contribution < 1.29 is 18.4 Å². The van der Waals surface area contributed by atoms with Crippen molar-refractivity contribution in [1.29, 1.82) is 0 Å². The summed E-state index contributed by atoms with van der Waals surface area (Å²) in [6.45, 7) is 1.66. The van der Waals surface area contributed by atoms with Crippen LogP contribution < -0.4 is 4.72 Å². The van der Waals surface area contributed by atoms with E-state index >= 15 is 0 Å². The van der Waals surface area contributed by atoms with Crippen LogP contribution in [-0.4, -0.2) is 31.1 Å². The summed E-state index contributed by atoms with van der Waals surface area (Å²) < 4.78 is 27.0. The van der Waals surface area contributed by atoms with Crippen LogP contribution in [0, 0.1) is 23.0 Å². The number of benzene rings is 1. The third kappa shape index (κ3) is 3.58. The van der Waals surface area contributed by atoms with Crippen molar-refractivity contribution in [2.45, 2.75) is 37.2 Å². The van der Waals surface area contributed by atoms with E-state index in [9.17, 15) is 23.6 Å². The standard InChI is InChI=1S/C13H18N2O5S/c1-9-12(15(17)18)3-2-4-13(9)21(19,20)14-8-10-5-6-11(16)7-10/h2-4,10-11,14,16H,5-8H2,1H3.